The van der Waals surface area contributed by atoms with E-state index in [0.717, 1.165) is 6.07 Å². The number of hydrogen-bond donors (Lipinski definition) is 0. The third kappa shape index (κ3) is 2.54. The number of benzene rings is 2. The van der Waals surface area contributed by atoms with Gasteiger partial charge in [-0.15, -0.1) is 0 Å². The van der Waals surface area contributed by atoms with E-state index in [0.29, 0.717) is 36.0 Å². The molecular weight excluding hydrogens is 292 g/mol. The largest absolute Gasteiger partial charge is 0.207 e. The Bertz CT molecular complexity index is 726. The van der Waals surface area contributed by atoms with Gasteiger partial charge in [0.1, 0.15) is 11.6 Å². The van der Waals surface area contributed by atoms with Crippen molar-refractivity contribution in [3.05, 3.63) is 76.4 Å². The normalized spacial score (nSPS) is 17.2. The highest BCUT2D eigenvalue weighted by molar-refractivity contribution is 5.49. The van der Waals surface area contributed by atoms with Gasteiger partial charge in [-0.2, -0.15) is 0 Å². The van der Waals surface area contributed by atoms with Crippen molar-refractivity contribution in [1.29, 1.82) is 0 Å². The fraction of sp³-hybridized carbons (Fsp3) is 0.222. The van der Waals surface area contributed by atoms with E-state index in [9.17, 15) is 17.6 Å². The molecule has 0 saturated heterocycles. The summed E-state index contributed by atoms with van der Waals surface area (Å²) < 4.78 is 55.0. The summed E-state index contributed by atoms with van der Waals surface area (Å²) in [5.41, 5.74) is 1.71. The average molecular weight is 306 g/mol. The van der Waals surface area contributed by atoms with Crippen molar-refractivity contribution < 1.29 is 17.6 Å². The van der Waals surface area contributed by atoms with Crippen molar-refractivity contribution in [3.63, 3.8) is 0 Å². The van der Waals surface area contributed by atoms with Crippen LogP contribution in [0.15, 0.2) is 30.8 Å². The van der Waals surface area contributed by atoms with Crippen LogP contribution in [0.25, 0.3) is 6.08 Å². The van der Waals surface area contributed by atoms with Gasteiger partial charge in [-0.3, -0.25) is 0 Å². The summed E-state index contributed by atoms with van der Waals surface area (Å²) in [6, 6.07) is 4.79. The van der Waals surface area contributed by atoms with E-state index in [1.165, 1.54) is 24.3 Å². The quantitative estimate of drug-likeness (QED) is 0.672. The minimum atomic E-state index is -0.928. The first kappa shape index (κ1) is 14.8. The van der Waals surface area contributed by atoms with Gasteiger partial charge in [-0.05, 0) is 66.1 Å². The molecule has 0 heterocycles. The Kier molecular flexibility index (Phi) is 3.77. The van der Waals surface area contributed by atoms with Crippen LogP contribution < -0.4 is 0 Å². The van der Waals surface area contributed by atoms with Crippen molar-refractivity contribution in [2.75, 3.05) is 0 Å². The fourth-order valence-corrected chi connectivity index (χ4v) is 3.11. The molecular formula is C18H14F4. The molecule has 0 aliphatic heterocycles. The smallest absolute Gasteiger partial charge is 0.159 e. The fourth-order valence-electron chi connectivity index (χ4n) is 3.11. The molecule has 0 saturated carbocycles. The van der Waals surface area contributed by atoms with Crippen molar-refractivity contribution in [2.24, 2.45) is 0 Å². The number of hydrogen-bond acceptors (Lipinski definition) is 0. The highest BCUT2D eigenvalue weighted by Crippen LogP contribution is 2.36. The molecule has 0 aromatic heterocycles. The van der Waals surface area contributed by atoms with Gasteiger partial charge in [0.05, 0.1) is 0 Å². The van der Waals surface area contributed by atoms with Crippen LogP contribution in [-0.4, -0.2) is 0 Å². The lowest BCUT2D eigenvalue weighted by molar-refractivity contribution is 0.477. The van der Waals surface area contributed by atoms with Crippen molar-refractivity contribution in [1.82, 2.24) is 0 Å². The molecule has 3 rings (SSSR count). The first-order chi connectivity index (χ1) is 10.5. The molecule has 0 radical (unpaired) electrons. The predicted molar refractivity (Wildman–Crippen MR) is 77.6 cm³/mol. The third-order valence-corrected chi connectivity index (χ3v) is 4.22. The zero-order valence-corrected chi connectivity index (χ0v) is 11.8. The molecule has 0 spiro atoms. The van der Waals surface area contributed by atoms with E-state index in [1.807, 2.05) is 0 Å². The molecule has 2 aromatic rings. The second kappa shape index (κ2) is 5.59. The SMILES string of the molecule is C=Cc1cc(F)c(C2CCc3cc(F)c(F)cc3C2)c(F)c1. The first-order valence-electron chi connectivity index (χ1n) is 7.07. The molecule has 0 N–H and O–H groups in total. The summed E-state index contributed by atoms with van der Waals surface area (Å²) in [5.74, 6) is -3.43. The average Bonchev–Trinajstić information content (AvgIpc) is 2.47. The van der Waals surface area contributed by atoms with Crippen LogP contribution in [0.1, 0.15) is 34.6 Å². The minimum Gasteiger partial charge on any atom is -0.207 e. The van der Waals surface area contributed by atoms with Crippen molar-refractivity contribution in [2.45, 2.75) is 25.2 Å². The Morgan fingerprint density at radius 1 is 0.864 bits per heavy atom. The zero-order chi connectivity index (χ0) is 15.9. The minimum absolute atomic E-state index is 0.0148. The van der Waals surface area contributed by atoms with Gasteiger partial charge >= 0.3 is 0 Å². The molecule has 0 bridgehead atoms. The van der Waals surface area contributed by atoms with Gasteiger partial charge in [0.15, 0.2) is 11.6 Å². The molecule has 1 atom stereocenters. The van der Waals surface area contributed by atoms with Gasteiger partial charge in [0.2, 0.25) is 0 Å². The van der Waals surface area contributed by atoms with Crippen LogP contribution >= 0.6 is 0 Å². The summed E-state index contributed by atoms with van der Waals surface area (Å²) in [6.45, 7) is 3.49. The molecule has 22 heavy (non-hydrogen) atoms. The maximum atomic E-state index is 14.2. The lowest BCUT2D eigenvalue weighted by Gasteiger charge is -2.26. The Morgan fingerprint density at radius 3 is 2.05 bits per heavy atom. The summed E-state index contributed by atoms with van der Waals surface area (Å²) in [4.78, 5) is 0. The third-order valence-electron chi connectivity index (χ3n) is 4.22. The highest BCUT2D eigenvalue weighted by atomic mass is 19.2. The number of rotatable bonds is 2. The zero-order valence-electron chi connectivity index (χ0n) is 11.8. The summed E-state index contributed by atoms with van der Waals surface area (Å²) in [5, 5.41) is 0. The van der Waals surface area contributed by atoms with Crippen molar-refractivity contribution >= 4 is 6.08 Å². The molecule has 4 heteroatoms. The molecule has 2 aromatic carbocycles. The van der Waals surface area contributed by atoms with Crippen LogP contribution in [0.2, 0.25) is 0 Å². The van der Waals surface area contributed by atoms with Gasteiger partial charge in [0.25, 0.3) is 0 Å². The molecule has 1 unspecified atom stereocenters. The Hall–Kier alpha value is -2.10. The molecule has 0 amide bonds. The predicted octanol–water partition coefficient (Wildman–Crippen LogP) is 5.16. The molecule has 0 nitrogen and oxygen atoms in total. The van der Waals surface area contributed by atoms with Gasteiger partial charge < -0.3 is 0 Å². The first-order valence-corrected chi connectivity index (χ1v) is 7.07. The Labute approximate surface area is 126 Å². The number of halogens is 4. The number of fused-ring (bicyclic) bond motifs is 1. The van der Waals surface area contributed by atoms with Crippen LogP contribution in [0, 0.1) is 23.3 Å². The Morgan fingerprint density at radius 2 is 1.45 bits per heavy atom. The van der Waals surface area contributed by atoms with Crippen molar-refractivity contribution in [3.8, 4) is 0 Å². The van der Waals surface area contributed by atoms with Gasteiger partial charge in [-0.25, -0.2) is 17.6 Å². The van der Waals surface area contributed by atoms with Crippen LogP contribution in [0.5, 0.6) is 0 Å². The topological polar surface area (TPSA) is 0 Å². The van der Waals surface area contributed by atoms with Gasteiger partial charge in [0, 0.05) is 5.56 Å². The van der Waals surface area contributed by atoms with Gasteiger partial charge in [-0.1, -0.05) is 12.7 Å². The summed E-state index contributed by atoms with van der Waals surface area (Å²) in [7, 11) is 0. The Balaban J connectivity index is 1.98. The molecule has 114 valence electrons. The van der Waals surface area contributed by atoms with E-state index in [1.54, 1.807) is 0 Å². The lowest BCUT2D eigenvalue weighted by Crippen LogP contribution is -2.16. The maximum Gasteiger partial charge on any atom is 0.159 e. The van der Waals surface area contributed by atoms with E-state index < -0.39 is 23.3 Å². The summed E-state index contributed by atoms with van der Waals surface area (Å²) in [6.07, 6.45) is 2.65. The molecule has 1 aliphatic rings. The standard InChI is InChI=1S/C18H14F4/c1-2-10-5-16(21)18(17(22)6-10)12-4-3-11-8-14(19)15(20)9-13(11)7-12/h2,5-6,8-9,12H,1,3-4,7H2. The van der Waals surface area contributed by atoms with Crippen LogP contribution in [0.3, 0.4) is 0 Å². The highest BCUT2D eigenvalue weighted by Gasteiger charge is 2.26. The maximum absolute atomic E-state index is 14.2. The van der Waals surface area contributed by atoms with E-state index in [-0.39, 0.29) is 11.5 Å². The summed E-state index contributed by atoms with van der Waals surface area (Å²) >= 11 is 0. The molecule has 0 fully saturated rings. The lowest BCUT2D eigenvalue weighted by atomic mass is 9.79. The monoisotopic (exact) mass is 306 g/mol. The second-order valence-electron chi connectivity index (χ2n) is 5.58. The molecule has 1 aliphatic carbocycles. The number of aryl methyl sites for hydroxylation is 1. The second-order valence-corrected chi connectivity index (χ2v) is 5.58. The van der Waals surface area contributed by atoms with E-state index >= 15 is 0 Å². The van der Waals surface area contributed by atoms with E-state index in [4.69, 9.17) is 0 Å². The van der Waals surface area contributed by atoms with Crippen LogP contribution in [0.4, 0.5) is 17.6 Å². The van der Waals surface area contributed by atoms with Crippen LogP contribution in [-0.2, 0) is 12.8 Å². The van der Waals surface area contributed by atoms with E-state index in [2.05, 4.69) is 6.58 Å².